The molecule has 0 fully saturated rings. The number of rotatable bonds is 10. The molecule has 0 aromatic rings. The molecule has 7 heteroatoms. The van der Waals surface area contributed by atoms with Gasteiger partial charge in [-0.1, -0.05) is 13.3 Å². The summed E-state index contributed by atoms with van der Waals surface area (Å²) in [6.07, 6.45) is 0.528. The molecule has 0 aromatic carbocycles. The molecule has 6 nitrogen and oxygen atoms in total. The molecule has 1 atom stereocenters. The fourth-order valence-corrected chi connectivity index (χ4v) is 5.21. The summed E-state index contributed by atoms with van der Waals surface area (Å²) in [4.78, 5) is 11.2. The van der Waals surface area contributed by atoms with Crippen molar-refractivity contribution in [3.8, 4) is 0 Å². The Morgan fingerprint density at radius 2 is 1.47 bits per heavy atom. The van der Waals surface area contributed by atoms with Gasteiger partial charge in [-0.2, -0.15) is 0 Å². The summed E-state index contributed by atoms with van der Waals surface area (Å²) in [5, 5.41) is -0.963. The van der Waals surface area contributed by atoms with E-state index in [4.69, 9.17) is 23.7 Å². The predicted octanol–water partition coefficient (Wildman–Crippen LogP) is 2.23. The van der Waals surface area contributed by atoms with E-state index >= 15 is 0 Å². The van der Waals surface area contributed by atoms with Gasteiger partial charge in [-0.3, -0.25) is 0 Å². The molecule has 0 aliphatic rings. The monoisotopic (exact) mass is 293 g/mol. The highest BCUT2D eigenvalue weighted by Gasteiger charge is 2.61. The van der Waals surface area contributed by atoms with E-state index in [0.29, 0.717) is 26.2 Å². The number of carbonyl (C=O) groups is 1. The van der Waals surface area contributed by atoms with E-state index in [1.807, 2.05) is 27.7 Å². The molecule has 0 aromatic heterocycles. The molecule has 1 amide bonds. The first kappa shape index (κ1) is 18.4. The maximum absolute atomic E-state index is 11.2. The Hall–Kier alpha value is -0.633. The van der Waals surface area contributed by atoms with Gasteiger partial charge in [0.1, 0.15) is 0 Å². The van der Waals surface area contributed by atoms with E-state index in [1.165, 1.54) is 0 Å². The van der Waals surface area contributed by atoms with Crippen molar-refractivity contribution in [3.05, 3.63) is 0 Å². The molecule has 0 radical (unpaired) electrons. The van der Waals surface area contributed by atoms with Gasteiger partial charge in [-0.05, 0) is 34.1 Å². The number of hydrogen-bond donors (Lipinski definition) is 1. The van der Waals surface area contributed by atoms with Gasteiger partial charge in [0.15, 0.2) is 5.22 Å². The van der Waals surface area contributed by atoms with E-state index in [9.17, 15) is 4.79 Å². The number of hydrogen-bond acceptors (Lipinski definition) is 5. The summed E-state index contributed by atoms with van der Waals surface area (Å²) in [6.45, 7) is 10.6. The standard InChI is InChI=1S/C12H27NO5Si/c1-6-10-12(5,18-11(13)14)19(15-7-2,16-8-3)17-9-4/h6-10H2,1-5H3,(H2,13,14). The van der Waals surface area contributed by atoms with Crippen molar-refractivity contribution in [1.82, 2.24) is 0 Å². The van der Waals surface area contributed by atoms with Gasteiger partial charge in [-0.15, -0.1) is 0 Å². The minimum absolute atomic E-state index is 0.424. The average Bonchev–Trinajstić information content (AvgIpc) is 2.28. The number of ether oxygens (including phenoxy) is 1. The van der Waals surface area contributed by atoms with Crippen LogP contribution in [0, 0.1) is 0 Å². The SMILES string of the molecule is CCCC(C)(OC(N)=O)[Si](OCC)(OCC)OCC. The minimum atomic E-state index is -3.16. The predicted molar refractivity (Wildman–Crippen MR) is 74.6 cm³/mol. The van der Waals surface area contributed by atoms with Crippen LogP contribution in [0.4, 0.5) is 4.79 Å². The molecular weight excluding hydrogens is 266 g/mol. The molecule has 0 spiro atoms. The first-order chi connectivity index (χ1) is 8.91. The Kier molecular flexibility index (Phi) is 8.24. The Morgan fingerprint density at radius 1 is 1.05 bits per heavy atom. The van der Waals surface area contributed by atoms with Gasteiger partial charge in [0.05, 0.1) is 0 Å². The maximum Gasteiger partial charge on any atom is 0.547 e. The summed E-state index contributed by atoms with van der Waals surface area (Å²) in [6, 6.07) is 0. The summed E-state index contributed by atoms with van der Waals surface area (Å²) in [5.41, 5.74) is 5.19. The Balaban J connectivity index is 5.46. The summed E-state index contributed by atoms with van der Waals surface area (Å²) < 4.78 is 22.7. The lowest BCUT2D eigenvalue weighted by molar-refractivity contribution is -0.0309. The lowest BCUT2D eigenvalue weighted by Gasteiger charge is -2.41. The average molecular weight is 293 g/mol. The van der Waals surface area contributed by atoms with Crippen molar-refractivity contribution in [2.75, 3.05) is 19.8 Å². The van der Waals surface area contributed by atoms with E-state index in [0.717, 1.165) is 6.42 Å². The second-order valence-corrected chi connectivity index (χ2v) is 7.29. The molecular formula is C12H27NO5Si. The number of amides is 1. The Bertz CT molecular complexity index is 260. The number of nitrogens with two attached hydrogens (primary N) is 1. The summed E-state index contributed by atoms with van der Waals surface area (Å²) >= 11 is 0. The largest absolute Gasteiger partial charge is 0.547 e. The first-order valence-electron chi connectivity index (χ1n) is 6.81. The van der Waals surface area contributed by atoms with E-state index in [2.05, 4.69) is 0 Å². The molecule has 0 aliphatic heterocycles. The van der Waals surface area contributed by atoms with Crippen LogP contribution < -0.4 is 5.73 Å². The van der Waals surface area contributed by atoms with Gasteiger partial charge in [0, 0.05) is 19.8 Å². The highest BCUT2D eigenvalue weighted by atomic mass is 28.4. The number of carbonyl (C=O) groups excluding carboxylic acids is 1. The third-order valence-electron chi connectivity index (χ3n) is 2.70. The molecule has 0 heterocycles. The molecule has 1 unspecified atom stereocenters. The van der Waals surface area contributed by atoms with Crippen molar-refractivity contribution < 1.29 is 22.8 Å². The van der Waals surface area contributed by atoms with Crippen molar-refractivity contribution >= 4 is 14.9 Å². The van der Waals surface area contributed by atoms with Crippen LogP contribution in [0.5, 0.6) is 0 Å². The third kappa shape index (κ3) is 4.76. The smallest absolute Gasteiger partial charge is 0.439 e. The van der Waals surface area contributed by atoms with Crippen molar-refractivity contribution in [3.63, 3.8) is 0 Å². The zero-order chi connectivity index (χ0) is 14.9. The van der Waals surface area contributed by atoms with Gasteiger partial charge >= 0.3 is 14.9 Å². The number of primary amides is 1. The zero-order valence-corrected chi connectivity index (χ0v) is 13.7. The fourth-order valence-electron chi connectivity index (χ4n) is 2.12. The van der Waals surface area contributed by atoms with Crippen molar-refractivity contribution in [1.29, 1.82) is 0 Å². The molecule has 114 valence electrons. The van der Waals surface area contributed by atoms with Crippen molar-refractivity contribution in [2.45, 2.75) is 52.7 Å². The highest BCUT2D eigenvalue weighted by Crippen LogP contribution is 2.32. The maximum atomic E-state index is 11.2. The Morgan fingerprint density at radius 3 is 1.74 bits per heavy atom. The Labute approximate surface area is 116 Å². The molecule has 0 saturated heterocycles. The third-order valence-corrected chi connectivity index (χ3v) is 6.36. The van der Waals surface area contributed by atoms with Crippen LogP contribution in [0.3, 0.4) is 0 Å². The normalized spacial score (nSPS) is 15.0. The molecule has 2 N–H and O–H groups in total. The van der Waals surface area contributed by atoms with E-state index in [1.54, 1.807) is 6.92 Å². The molecule has 0 rings (SSSR count). The fraction of sp³-hybridized carbons (Fsp3) is 0.917. The topological polar surface area (TPSA) is 80.0 Å². The summed E-state index contributed by atoms with van der Waals surface area (Å²) in [5.74, 6) is 0. The minimum Gasteiger partial charge on any atom is -0.439 e. The lowest BCUT2D eigenvalue weighted by Crippen LogP contribution is -2.66. The van der Waals surface area contributed by atoms with Crippen LogP contribution in [-0.4, -0.2) is 39.9 Å². The first-order valence-corrected chi connectivity index (χ1v) is 8.54. The van der Waals surface area contributed by atoms with Crippen LogP contribution in [-0.2, 0) is 18.0 Å². The zero-order valence-electron chi connectivity index (χ0n) is 12.7. The second-order valence-electron chi connectivity index (χ2n) is 4.26. The molecule has 19 heavy (non-hydrogen) atoms. The van der Waals surface area contributed by atoms with E-state index < -0.39 is 20.1 Å². The molecule has 0 saturated carbocycles. The quantitative estimate of drug-likeness (QED) is 0.625. The second kappa shape index (κ2) is 8.52. The van der Waals surface area contributed by atoms with Crippen LogP contribution >= 0.6 is 0 Å². The van der Waals surface area contributed by atoms with Crippen LogP contribution in [0.1, 0.15) is 47.5 Å². The van der Waals surface area contributed by atoms with Crippen LogP contribution in [0.25, 0.3) is 0 Å². The van der Waals surface area contributed by atoms with Crippen LogP contribution in [0.2, 0.25) is 0 Å². The highest BCUT2D eigenvalue weighted by molar-refractivity contribution is 6.64. The van der Waals surface area contributed by atoms with Gasteiger partial charge in [-0.25, -0.2) is 4.79 Å². The lowest BCUT2D eigenvalue weighted by atomic mass is 10.2. The van der Waals surface area contributed by atoms with Gasteiger partial charge in [0.25, 0.3) is 0 Å². The van der Waals surface area contributed by atoms with Gasteiger partial charge < -0.3 is 23.7 Å². The van der Waals surface area contributed by atoms with Gasteiger partial charge in [0.2, 0.25) is 0 Å². The van der Waals surface area contributed by atoms with E-state index in [-0.39, 0.29) is 0 Å². The molecule has 0 bridgehead atoms. The molecule has 0 aliphatic carbocycles. The van der Waals surface area contributed by atoms with Crippen LogP contribution in [0.15, 0.2) is 0 Å². The van der Waals surface area contributed by atoms with Crippen molar-refractivity contribution in [2.24, 2.45) is 5.73 Å². The summed E-state index contributed by atoms with van der Waals surface area (Å²) in [7, 11) is -3.16.